The Labute approximate surface area is 125 Å². The van der Waals surface area contributed by atoms with E-state index in [0.29, 0.717) is 43.4 Å². The van der Waals surface area contributed by atoms with Crippen LogP contribution in [0.1, 0.15) is 31.7 Å². The maximum Gasteiger partial charge on any atom is 0.220 e. The summed E-state index contributed by atoms with van der Waals surface area (Å²) < 4.78 is 11.0. The number of carbonyl (C=O) groups excluding carboxylic acids is 1. The molecule has 0 saturated carbocycles. The van der Waals surface area contributed by atoms with Crippen LogP contribution in [0, 0.1) is 0 Å². The number of ether oxygens (including phenoxy) is 2. The van der Waals surface area contributed by atoms with Crippen LogP contribution in [0.25, 0.3) is 0 Å². The monoisotopic (exact) mass is 299 g/mol. The van der Waals surface area contributed by atoms with Crippen LogP contribution in [-0.2, 0) is 11.3 Å². The summed E-state index contributed by atoms with van der Waals surface area (Å²) >= 11 is 5.57. The molecule has 20 heavy (non-hydrogen) atoms. The lowest BCUT2D eigenvalue weighted by molar-refractivity contribution is -0.121. The second-order valence-corrected chi connectivity index (χ2v) is 4.74. The smallest absolute Gasteiger partial charge is 0.220 e. The molecule has 1 amide bonds. The fraction of sp³-hybridized carbons (Fsp3) is 0.533. The highest BCUT2D eigenvalue weighted by atomic mass is 35.5. The van der Waals surface area contributed by atoms with Crippen molar-refractivity contribution in [3.8, 4) is 11.5 Å². The van der Waals surface area contributed by atoms with Crippen molar-refractivity contribution < 1.29 is 14.3 Å². The molecule has 0 unspecified atom stereocenters. The van der Waals surface area contributed by atoms with E-state index in [9.17, 15) is 4.79 Å². The molecular formula is C15H22ClNO3. The zero-order chi connectivity index (χ0) is 14.8. The summed E-state index contributed by atoms with van der Waals surface area (Å²) in [4.78, 5) is 11.6. The van der Waals surface area contributed by atoms with Crippen molar-refractivity contribution in [2.24, 2.45) is 0 Å². The van der Waals surface area contributed by atoms with Crippen LogP contribution in [-0.4, -0.2) is 25.5 Å². The van der Waals surface area contributed by atoms with Crippen LogP contribution in [0.5, 0.6) is 11.5 Å². The predicted molar refractivity (Wildman–Crippen MR) is 80.6 cm³/mol. The van der Waals surface area contributed by atoms with Crippen LogP contribution in [0.2, 0.25) is 0 Å². The molecule has 0 fully saturated rings. The maximum atomic E-state index is 11.6. The highest BCUT2D eigenvalue weighted by Crippen LogP contribution is 2.31. The van der Waals surface area contributed by atoms with Crippen LogP contribution in [0.4, 0.5) is 0 Å². The summed E-state index contributed by atoms with van der Waals surface area (Å²) in [6, 6.07) is 5.66. The summed E-state index contributed by atoms with van der Waals surface area (Å²) in [5.74, 6) is 1.88. The van der Waals surface area contributed by atoms with Gasteiger partial charge in [0.1, 0.15) is 0 Å². The number of alkyl halides is 1. The first-order valence-corrected chi connectivity index (χ1v) is 7.37. The van der Waals surface area contributed by atoms with Gasteiger partial charge >= 0.3 is 0 Å². The SMILES string of the molecule is CCCOc1c(CNC(=O)CCCCl)cccc1OC. The lowest BCUT2D eigenvalue weighted by Gasteiger charge is -2.15. The van der Waals surface area contributed by atoms with Crippen LogP contribution in [0.3, 0.4) is 0 Å². The number of hydrogen-bond acceptors (Lipinski definition) is 3. The molecule has 0 aliphatic carbocycles. The minimum atomic E-state index is -0.00471. The van der Waals surface area contributed by atoms with Gasteiger partial charge in [-0.05, 0) is 18.9 Å². The van der Waals surface area contributed by atoms with Crippen molar-refractivity contribution in [2.45, 2.75) is 32.7 Å². The third kappa shape index (κ3) is 5.29. The molecule has 5 heteroatoms. The van der Waals surface area contributed by atoms with Gasteiger partial charge in [-0.3, -0.25) is 4.79 Å². The quantitative estimate of drug-likeness (QED) is 0.713. The first-order valence-electron chi connectivity index (χ1n) is 6.84. The van der Waals surface area contributed by atoms with Gasteiger partial charge in [-0.1, -0.05) is 19.1 Å². The Bertz CT molecular complexity index is 424. The summed E-state index contributed by atoms with van der Waals surface area (Å²) in [6.07, 6.45) is 2.04. The maximum absolute atomic E-state index is 11.6. The third-order valence-electron chi connectivity index (χ3n) is 2.74. The molecule has 0 bridgehead atoms. The number of rotatable bonds is 9. The fourth-order valence-corrected chi connectivity index (χ4v) is 1.87. The van der Waals surface area contributed by atoms with E-state index in [1.165, 1.54) is 0 Å². The van der Waals surface area contributed by atoms with Crippen molar-refractivity contribution >= 4 is 17.5 Å². The molecule has 0 heterocycles. The summed E-state index contributed by atoms with van der Waals surface area (Å²) in [6.45, 7) is 3.09. The first-order chi connectivity index (χ1) is 9.72. The molecule has 4 nitrogen and oxygen atoms in total. The Morgan fingerprint density at radius 2 is 2.20 bits per heavy atom. The van der Waals surface area contributed by atoms with Crippen molar-refractivity contribution in [1.29, 1.82) is 0 Å². The van der Waals surface area contributed by atoms with Gasteiger partial charge in [-0.25, -0.2) is 0 Å². The zero-order valence-electron chi connectivity index (χ0n) is 12.1. The number of nitrogens with one attached hydrogen (secondary N) is 1. The van der Waals surface area contributed by atoms with E-state index < -0.39 is 0 Å². The van der Waals surface area contributed by atoms with Crippen LogP contribution < -0.4 is 14.8 Å². The van der Waals surface area contributed by atoms with Gasteiger partial charge in [-0.15, -0.1) is 11.6 Å². The van der Waals surface area contributed by atoms with Gasteiger partial charge in [0.25, 0.3) is 0 Å². The largest absolute Gasteiger partial charge is 0.493 e. The second kappa shape index (κ2) is 9.48. The van der Waals surface area contributed by atoms with E-state index >= 15 is 0 Å². The minimum Gasteiger partial charge on any atom is -0.493 e. The lowest BCUT2D eigenvalue weighted by Crippen LogP contribution is -2.23. The number of hydrogen-bond donors (Lipinski definition) is 1. The summed E-state index contributed by atoms with van der Waals surface area (Å²) in [5.41, 5.74) is 0.914. The molecule has 0 saturated heterocycles. The highest BCUT2D eigenvalue weighted by molar-refractivity contribution is 6.17. The second-order valence-electron chi connectivity index (χ2n) is 4.37. The Morgan fingerprint density at radius 1 is 1.40 bits per heavy atom. The lowest BCUT2D eigenvalue weighted by atomic mass is 10.1. The molecule has 0 atom stereocenters. The Kier molecular flexibility index (Phi) is 7.88. The van der Waals surface area contributed by atoms with Gasteiger partial charge in [0.2, 0.25) is 5.91 Å². The molecule has 0 spiro atoms. The molecule has 0 radical (unpaired) electrons. The Hall–Kier alpha value is -1.42. The molecule has 1 rings (SSSR count). The highest BCUT2D eigenvalue weighted by Gasteiger charge is 2.11. The molecule has 0 aliphatic heterocycles. The molecule has 1 N–H and O–H groups in total. The fourth-order valence-electron chi connectivity index (χ4n) is 1.74. The van der Waals surface area contributed by atoms with E-state index in [0.717, 1.165) is 12.0 Å². The average Bonchev–Trinajstić information content (AvgIpc) is 2.48. The normalized spacial score (nSPS) is 10.2. The van der Waals surface area contributed by atoms with Crippen molar-refractivity contribution in [1.82, 2.24) is 5.32 Å². The number of halogens is 1. The number of benzene rings is 1. The van der Waals surface area contributed by atoms with Crippen LogP contribution in [0.15, 0.2) is 18.2 Å². The molecule has 112 valence electrons. The number of amides is 1. The molecule has 0 aromatic heterocycles. The molecule has 1 aromatic carbocycles. The van der Waals surface area contributed by atoms with E-state index in [-0.39, 0.29) is 5.91 Å². The first kappa shape index (κ1) is 16.6. The van der Waals surface area contributed by atoms with E-state index in [4.69, 9.17) is 21.1 Å². The average molecular weight is 300 g/mol. The molecule has 1 aromatic rings. The van der Waals surface area contributed by atoms with Gasteiger partial charge in [0, 0.05) is 24.4 Å². The van der Waals surface area contributed by atoms with Gasteiger partial charge in [0.05, 0.1) is 13.7 Å². The number of carbonyl (C=O) groups is 1. The number of methoxy groups -OCH3 is 1. The minimum absolute atomic E-state index is 0.00471. The number of para-hydroxylation sites is 1. The Balaban J connectivity index is 2.70. The Morgan fingerprint density at radius 3 is 2.85 bits per heavy atom. The van der Waals surface area contributed by atoms with Crippen molar-refractivity contribution in [2.75, 3.05) is 19.6 Å². The van der Waals surface area contributed by atoms with E-state index in [1.54, 1.807) is 7.11 Å². The molecular weight excluding hydrogens is 278 g/mol. The van der Waals surface area contributed by atoms with E-state index in [2.05, 4.69) is 5.32 Å². The van der Waals surface area contributed by atoms with Gasteiger partial charge in [-0.2, -0.15) is 0 Å². The van der Waals surface area contributed by atoms with Gasteiger partial charge in [0.15, 0.2) is 11.5 Å². The van der Waals surface area contributed by atoms with Crippen molar-refractivity contribution in [3.63, 3.8) is 0 Å². The van der Waals surface area contributed by atoms with Crippen molar-refractivity contribution in [3.05, 3.63) is 23.8 Å². The predicted octanol–water partition coefficient (Wildman–Crippen LogP) is 3.12. The summed E-state index contributed by atoms with van der Waals surface area (Å²) in [7, 11) is 1.61. The zero-order valence-corrected chi connectivity index (χ0v) is 12.8. The standard InChI is InChI=1S/C15H22ClNO3/c1-3-10-20-15-12(6-4-7-13(15)19-2)11-17-14(18)8-5-9-16/h4,6-7H,3,5,8-11H2,1-2H3,(H,17,18). The van der Waals surface area contributed by atoms with E-state index in [1.807, 2.05) is 25.1 Å². The van der Waals surface area contributed by atoms with Crippen LogP contribution >= 0.6 is 11.6 Å². The molecule has 0 aliphatic rings. The van der Waals surface area contributed by atoms with Gasteiger partial charge < -0.3 is 14.8 Å². The topological polar surface area (TPSA) is 47.6 Å². The summed E-state index contributed by atoms with van der Waals surface area (Å²) in [5, 5.41) is 2.87. The third-order valence-corrected chi connectivity index (χ3v) is 3.01.